The monoisotopic (exact) mass is 244 g/mol. The van der Waals surface area contributed by atoms with Crippen molar-refractivity contribution < 1.29 is 4.74 Å². The number of benzene rings is 1. The van der Waals surface area contributed by atoms with Gasteiger partial charge >= 0.3 is 0 Å². The Morgan fingerprint density at radius 3 is 2.89 bits per heavy atom. The molecular weight excluding hydrogens is 224 g/mol. The summed E-state index contributed by atoms with van der Waals surface area (Å²) in [6.07, 6.45) is 3.85. The van der Waals surface area contributed by atoms with Crippen molar-refractivity contribution in [2.45, 2.75) is 31.3 Å². The van der Waals surface area contributed by atoms with E-state index in [0.29, 0.717) is 12.6 Å². The van der Waals surface area contributed by atoms with Gasteiger partial charge in [-0.2, -0.15) is 5.26 Å². The molecule has 2 atom stereocenters. The normalized spacial score (nSPS) is 20.5. The average molecular weight is 244 g/mol. The molecule has 1 heterocycles. The number of rotatable bonds is 6. The van der Waals surface area contributed by atoms with E-state index in [9.17, 15) is 5.26 Å². The van der Waals surface area contributed by atoms with Gasteiger partial charge in [0.1, 0.15) is 0 Å². The molecule has 1 aromatic carbocycles. The second-order valence-electron chi connectivity index (χ2n) is 4.72. The van der Waals surface area contributed by atoms with Crippen molar-refractivity contribution in [3.63, 3.8) is 0 Å². The molecule has 0 saturated carbocycles. The van der Waals surface area contributed by atoms with E-state index < -0.39 is 0 Å². The summed E-state index contributed by atoms with van der Waals surface area (Å²) in [4.78, 5) is 0. The molecule has 3 heteroatoms. The first-order valence-electron chi connectivity index (χ1n) is 6.67. The van der Waals surface area contributed by atoms with Crippen LogP contribution in [0.4, 0.5) is 0 Å². The van der Waals surface area contributed by atoms with Crippen LogP contribution in [-0.4, -0.2) is 25.8 Å². The van der Waals surface area contributed by atoms with Crippen LogP contribution < -0.4 is 5.32 Å². The third-order valence-electron chi connectivity index (χ3n) is 3.37. The molecule has 1 aliphatic heterocycles. The SMILES string of the molecule is N#CC(CNCCC1CCCO1)c1ccccc1. The van der Waals surface area contributed by atoms with E-state index in [0.717, 1.165) is 25.1 Å². The summed E-state index contributed by atoms with van der Waals surface area (Å²) in [7, 11) is 0. The lowest BCUT2D eigenvalue weighted by atomic mass is 10.0. The highest BCUT2D eigenvalue weighted by Gasteiger charge is 2.15. The van der Waals surface area contributed by atoms with Crippen LogP contribution in [0.2, 0.25) is 0 Å². The molecule has 3 nitrogen and oxygen atoms in total. The minimum atomic E-state index is -0.0595. The first-order chi connectivity index (χ1) is 8.90. The van der Waals surface area contributed by atoms with Gasteiger partial charge in [-0.3, -0.25) is 0 Å². The number of nitrogens with zero attached hydrogens (tertiary/aromatic N) is 1. The Bertz CT molecular complexity index is 379. The predicted molar refractivity (Wildman–Crippen MR) is 71.3 cm³/mol. The molecule has 0 spiro atoms. The van der Waals surface area contributed by atoms with Crippen LogP contribution in [0.3, 0.4) is 0 Å². The summed E-state index contributed by atoms with van der Waals surface area (Å²) in [5.41, 5.74) is 1.09. The zero-order valence-corrected chi connectivity index (χ0v) is 10.6. The van der Waals surface area contributed by atoms with Gasteiger partial charge < -0.3 is 10.1 Å². The lowest BCUT2D eigenvalue weighted by Crippen LogP contribution is -2.24. The molecule has 0 bridgehead atoms. The minimum Gasteiger partial charge on any atom is -0.378 e. The Morgan fingerprint density at radius 1 is 1.39 bits per heavy atom. The van der Waals surface area contributed by atoms with Crippen molar-refractivity contribution in [3.05, 3.63) is 35.9 Å². The van der Waals surface area contributed by atoms with Crippen molar-refractivity contribution in [2.75, 3.05) is 19.7 Å². The second kappa shape index (κ2) is 7.15. The molecule has 2 unspecified atom stereocenters. The molecule has 0 radical (unpaired) electrons. The largest absolute Gasteiger partial charge is 0.378 e. The van der Waals surface area contributed by atoms with Crippen LogP contribution in [0.5, 0.6) is 0 Å². The quantitative estimate of drug-likeness (QED) is 0.782. The Balaban J connectivity index is 1.69. The van der Waals surface area contributed by atoms with Crippen molar-refractivity contribution in [1.82, 2.24) is 5.32 Å². The van der Waals surface area contributed by atoms with E-state index >= 15 is 0 Å². The van der Waals surface area contributed by atoms with Gasteiger partial charge in [0.25, 0.3) is 0 Å². The average Bonchev–Trinajstić information content (AvgIpc) is 2.93. The Hall–Kier alpha value is -1.37. The van der Waals surface area contributed by atoms with E-state index in [1.807, 2.05) is 30.3 Å². The van der Waals surface area contributed by atoms with E-state index in [4.69, 9.17) is 4.74 Å². The smallest absolute Gasteiger partial charge is 0.0837 e. The van der Waals surface area contributed by atoms with Gasteiger partial charge in [-0.1, -0.05) is 30.3 Å². The zero-order valence-electron chi connectivity index (χ0n) is 10.6. The summed E-state index contributed by atoms with van der Waals surface area (Å²) in [5, 5.41) is 12.5. The topological polar surface area (TPSA) is 45.0 Å². The lowest BCUT2D eigenvalue weighted by molar-refractivity contribution is 0.104. The Labute approximate surface area is 109 Å². The molecule has 1 N–H and O–H groups in total. The van der Waals surface area contributed by atoms with Crippen molar-refractivity contribution in [1.29, 1.82) is 5.26 Å². The van der Waals surface area contributed by atoms with E-state index in [-0.39, 0.29) is 5.92 Å². The molecular formula is C15H20N2O. The van der Waals surface area contributed by atoms with Gasteiger partial charge in [-0.15, -0.1) is 0 Å². The molecule has 18 heavy (non-hydrogen) atoms. The number of nitriles is 1. The second-order valence-corrected chi connectivity index (χ2v) is 4.72. The third-order valence-corrected chi connectivity index (χ3v) is 3.37. The molecule has 1 aromatic rings. The lowest BCUT2D eigenvalue weighted by Gasteiger charge is -2.13. The molecule has 1 saturated heterocycles. The zero-order chi connectivity index (χ0) is 12.6. The highest BCUT2D eigenvalue weighted by atomic mass is 16.5. The van der Waals surface area contributed by atoms with Crippen molar-refractivity contribution in [3.8, 4) is 6.07 Å². The molecule has 0 aromatic heterocycles. The number of nitrogens with one attached hydrogen (secondary N) is 1. The van der Waals surface area contributed by atoms with Crippen LogP contribution in [0.1, 0.15) is 30.7 Å². The number of hydrogen-bond donors (Lipinski definition) is 1. The summed E-state index contributed by atoms with van der Waals surface area (Å²) in [6, 6.07) is 12.3. The fraction of sp³-hybridized carbons (Fsp3) is 0.533. The molecule has 0 aliphatic carbocycles. The number of hydrogen-bond acceptors (Lipinski definition) is 3. The van der Waals surface area contributed by atoms with E-state index in [1.165, 1.54) is 12.8 Å². The molecule has 0 amide bonds. The van der Waals surface area contributed by atoms with Gasteiger partial charge in [0, 0.05) is 13.2 Å². The molecule has 1 fully saturated rings. The van der Waals surface area contributed by atoms with Crippen LogP contribution in [0.15, 0.2) is 30.3 Å². The summed E-state index contributed by atoms with van der Waals surface area (Å²) < 4.78 is 5.57. The third kappa shape index (κ3) is 3.83. The van der Waals surface area contributed by atoms with Crippen LogP contribution in [0.25, 0.3) is 0 Å². The maximum Gasteiger partial charge on any atom is 0.0837 e. The van der Waals surface area contributed by atoms with Gasteiger partial charge in [0.15, 0.2) is 0 Å². The van der Waals surface area contributed by atoms with Crippen LogP contribution in [0, 0.1) is 11.3 Å². The fourth-order valence-electron chi connectivity index (χ4n) is 2.30. The van der Waals surface area contributed by atoms with Crippen molar-refractivity contribution in [2.24, 2.45) is 0 Å². The summed E-state index contributed by atoms with van der Waals surface area (Å²) in [6.45, 7) is 2.55. The molecule has 96 valence electrons. The van der Waals surface area contributed by atoms with Gasteiger partial charge in [-0.25, -0.2) is 0 Å². The molecule has 1 aliphatic rings. The van der Waals surface area contributed by atoms with Gasteiger partial charge in [0.05, 0.1) is 18.1 Å². The predicted octanol–water partition coefficient (Wildman–Crippen LogP) is 2.45. The maximum atomic E-state index is 9.18. The van der Waals surface area contributed by atoms with Gasteiger partial charge in [-0.05, 0) is 31.4 Å². The minimum absolute atomic E-state index is 0.0595. The van der Waals surface area contributed by atoms with E-state index in [1.54, 1.807) is 0 Å². The maximum absolute atomic E-state index is 9.18. The first kappa shape index (κ1) is 13.1. The Morgan fingerprint density at radius 2 is 2.22 bits per heavy atom. The fourth-order valence-corrected chi connectivity index (χ4v) is 2.30. The van der Waals surface area contributed by atoms with Gasteiger partial charge in [0.2, 0.25) is 0 Å². The molecule has 2 rings (SSSR count). The Kier molecular flexibility index (Phi) is 5.19. The highest BCUT2D eigenvalue weighted by molar-refractivity contribution is 5.24. The standard InChI is InChI=1S/C15H20N2O/c16-11-14(13-5-2-1-3-6-13)12-17-9-8-15-7-4-10-18-15/h1-3,5-6,14-15,17H,4,7-10,12H2. The van der Waals surface area contributed by atoms with Crippen molar-refractivity contribution >= 4 is 0 Å². The summed E-state index contributed by atoms with van der Waals surface area (Å²) in [5.74, 6) is -0.0595. The first-order valence-corrected chi connectivity index (χ1v) is 6.67. The van der Waals surface area contributed by atoms with E-state index in [2.05, 4.69) is 11.4 Å². The number of ether oxygens (including phenoxy) is 1. The van der Waals surface area contributed by atoms with Crippen LogP contribution >= 0.6 is 0 Å². The highest BCUT2D eigenvalue weighted by Crippen LogP contribution is 2.15. The van der Waals surface area contributed by atoms with Crippen LogP contribution in [-0.2, 0) is 4.74 Å². The summed E-state index contributed by atoms with van der Waals surface area (Å²) >= 11 is 0.